The minimum Gasteiger partial charge on any atom is -0.479 e. The van der Waals surface area contributed by atoms with Gasteiger partial charge >= 0.3 is 5.97 Å². The Morgan fingerprint density at radius 2 is 2.29 bits per heavy atom. The number of ether oxygens (including phenoxy) is 1. The van der Waals surface area contributed by atoms with Crippen molar-refractivity contribution in [1.29, 1.82) is 0 Å². The van der Waals surface area contributed by atoms with E-state index in [0.717, 1.165) is 0 Å². The Morgan fingerprint density at radius 3 is 2.86 bits per heavy atom. The molecule has 0 amide bonds. The fourth-order valence-electron chi connectivity index (χ4n) is 0.868. The normalized spacial score (nSPS) is 12.4. The van der Waals surface area contributed by atoms with Crippen molar-refractivity contribution in [3.8, 4) is 5.75 Å². The van der Waals surface area contributed by atoms with Crippen LogP contribution in [0.15, 0.2) is 24.3 Å². The average Bonchev–Trinajstić information content (AvgIpc) is 2.18. The zero-order valence-electron chi connectivity index (χ0n) is 7.51. The minimum atomic E-state index is -1.03. The molecule has 74 valence electrons. The van der Waals surface area contributed by atoms with Crippen molar-refractivity contribution in [2.45, 2.75) is 13.0 Å². The molecule has 0 fully saturated rings. The van der Waals surface area contributed by atoms with Crippen molar-refractivity contribution in [2.24, 2.45) is 0 Å². The second-order valence-electron chi connectivity index (χ2n) is 2.69. The summed E-state index contributed by atoms with van der Waals surface area (Å²) in [5, 5.41) is 9.14. The van der Waals surface area contributed by atoms with E-state index in [1.165, 1.54) is 13.0 Å². The third-order valence-electron chi connectivity index (χ3n) is 1.58. The van der Waals surface area contributed by atoms with E-state index in [-0.39, 0.29) is 8.46 Å². The van der Waals surface area contributed by atoms with E-state index < -0.39 is 12.1 Å². The van der Waals surface area contributed by atoms with Crippen molar-refractivity contribution in [1.82, 2.24) is 0 Å². The summed E-state index contributed by atoms with van der Waals surface area (Å²) in [7, 11) is -0.109. The number of carbonyl (C=O) groups is 1. The van der Waals surface area contributed by atoms with Gasteiger partial charge in [-0.25, -0.2) is 4.79 Å². The molecule has 0 aromatic heterocycles. The van der Waals surface area contributed by atoms with Crippen LogP contribution in [0.2, 0.25) is 0 Å². The highest BCUT2D eigenvalue weighted by Crippen LogP contribution is 2.12. The summed E-state index contributed by atoms with van der Waals surface area (Å²) < 4.78 is 15.6. The van der Waals surface area contributed by atoms with Crippen LogP contribution in [0, 0.1) is 0 Å². The van der Waals surface area contributed by atoms with Crippen molar-refractivity contribution in [3.63, 3.8) is 0 Å². The van der Waals surface area contributed by atoms with Crippen LogP contribution in [-0.4, -0.2) is 17.2 Å². The van der Waals surface area contributed by atoms with Crippen molar-refractivity contribution in [2.75, 3.05) is 0 Å². The van der Waals surface area contributed by atoms with Crippen LogP contribution in [0.4, 0.5) is 0 Å². The molecule has 1 aromatic carbocycles. The third-order valence-corrected chi connectivity index (χ3v) is 2.07. The van der Waals surface area contributed by atoms with Gasteiger partial charge in [-0.1, -0.05) is 6.07 Å². The molecule has 4 nitrogen and oxygen atoms in total. The van der Waals surface area contributed by atoms with Gasteiger partial charge in [-0.05, 0) is 25.1 Å². The smallest absolute Gasteiger partial charge is 0.344 e. The van der Waals surface area contributed by atoms with Gasteiger partial charge in [0, 0.05) is 5.30 Å². The molecule has 1 atom stereocenters. The quantitative estimate of drug-likeness (QED) is 0.767. The molecular weight excluding hydrogens is 203 g/mol. The summed E-state index contributed by atoms with van der Waals surface area (Å²) in [6.45, 7) is 1.43. The first-order valence-corrected chi connectivity index (χ1v) is 4.77. The van der Waals surface area contributed by atoms with Crippen LogP contribution in [0.25, 0.3) is 0 Å². The molecule has 0 spiro atoms. The monoisotopic (exact) mass is 212 g/mol. The Hall–Kier alpha value is -1.41. The Balaban J connectivity index is 2.76. The Kier molecular flexibility index (Phi) is 3.60. The van der Waals surface area contributed by atoms with Gasteiger partial charge in [-0.2, -0.15) is 0 Å². The second-order valence-corrected chi connectivity index (χ2v) is 3.39. The lowest BCUT2D eigenvalue weighted by atomic mass is 10.3. The van der Waals surface area contributed by atoms with Gasteiger partial charge in [0.15, 0.2) is 14.6 Å². The number of hydrogen-bond donors (Lipinski definition) is 1. The van der Waals surface area contributed by atoms with Gasteiger partial charge in [0.05, 0.1) is 0 Å². The van der Waals surface area contributed by atoms with Gasteiger partial charge in [-0.15, -0.1) is 0 Å². The minimum absolute atomic E-state index is 0.109. The van der Waals surface area contributed by atoms with E-state index >= 15 is 0 Å². The van der Waals surface area contributed by atoms with Gasteiger partial charge in [-0.3, -0.25) is 4.57 Å². The summed E-state index contributed by atoms with van der Waals surface area (Å²) in [5.74, 6) is -0.629. The highest BCUT2D eigenvalue weighted by Gasteiger charge is 2.12. The van der Waals surface area contributed by atoms with Gasteiger partial charge in [0.1, 0.15) is 5.75 Å². The molecule has 0 aliphatic heterocycles. The number of aliphatic carboxylic acids is 1. The predicted molar refractivity (Wildman–Crippen MR) is 51.4 cm³/mol. The molecule has 0 saturated carbocycles. The fraction of sp³-hybridized carbons (Fsp3) is 0.222. The molecule has 1 aromatic rings. The maximum atomic E-state index is 10.5. The van der Waals surface area contributed by atoms with Crippen LogP contribution in [-0.2, 0) is 9.36 Å². The van der Waals surface area contributed by atoms with Crippen LogP contribution in [0.1, 0.15) is 6.92 Å². The number of carboxylic acid groups (broad SMARTS) is 1. The first kappa shape index (κ1) is 10.7. The molecular formula is C9H9O4P. The second kappa shape index (κ2) is 4.72. The molecule has 0 heterocycles. The van der Waals surface area contributed by atoms with Crippen molar-refractivity contribution in [3.05, 3.63) is 24.3 Å². The molecule has 0 aliphatic rings. The van der Waals surface area contributed by atoms with Crippen molar-refractivity contribution < 1.29 is 19.2 Å². The molecule has 14 heavy (non-hydrogen) atoms. The summed E-state index contributed by atoms with van der Waals surface area (Å²) in [4.78, 5) is 10.5. The third kappa shape index (κ3) is 2.82. The molecule has 0 saturated heterocycles. The van der Waals surface area contributed by atoms with E-state index in [2.05, 4.69) is 0 Å². The van der Waals surface area contributed by atoms with E-state index in [0.29, 0.717) is 11.1 Å². The molecule has 1 N–H and O–H groups in total. The number of carboxylic acids is 1. The predicted octanol–water partition coefficient (Wildman–Crippen LogP) is 1.46. The van der Waals surface area contributed by atoms with Crippen LogP contribution in [0.3, 0.4) is 0 Å². The zero-order chi connectivity index (χ0) is 10.6. The van der Waals surface area contributed by atoms with Crippen LogP contribution < -0.4 is 10.0 Å². The number of hydrogen-bond acceptors (Lipinski definition) is 3. The van der Waals surface area contributed by atoms with Crippen LogP contribution >= 0.6 is 8.46 Å². The lowest BCUT2D eigenvalue weighted by molar-refractivity contribution is -0.144. The maximum absolute atomic E-state index is 10.5. The number of rotatable bonds is 4. The molecule has 1 rings (SSSR count). The SMILES string of the molecule is CC(Oc1cccc(P=O)c1)C(=O)O. The van der Waals surface area contributed by atoms with E-state index in [9.17, 15) is 9.36 Å². The molecule has 0 aliphatic carbocycles. The Labute approximate surface area is 82.7 Å². The Bertz CT molecular complexity index is 350. The lowest BCUT2D eigenvalue weighted by Gasteiger charge is -2.09. The molecule has 0 bridgehead atoms. The highest BCUT2D eigenvalue weighted by molar-refractivity contribution is 7.34. The standard InChI is InChI=1S/C9H9O4P/c1-6(9(10)11)13-7-3-2-4-8(5-7)14-12/h2-6H,1H3,(H,10,11). The molecule has 5 heteroatoms. The topological polar surface area (TPSA) is 63.6 Å². The average molecular weight is 212 g/mol. The summed E-state index contributed by atoms with van der Waals surface area (Å²) >= 11 is 0. The molecule has 0 radical (unpaired) electrons. The van der Waals surface area contributed by atoms with E-state index in [4.69, 9.17) is 9.84 Å². The first-order chi connectivity index (χ1) is 6.63. The van der Waals surface area contributed by atoms with E-state index in [1.54, 1.807) is 18.2 Å². The lowest BCUT2D eigenvalue weighted by Crippen LogP contribution is -2.23. The fourth-order valence-corrected chi connectivity index (χ4v) is 1.20. The van der Waals surface area contributed by atoms with Gasteiger partial charge in [0.25, 0.3) is 0 Å². The summed E-state index contributed by atoms with van der Waals surface area (Å²) in [5.41, 5.74) is 0. The van der Waals surface area contributed by atoms with Gasteiger partial charge < -0.3 is 9.84 Å². The molecule has 1 unspecified atom stereocenters. The Morgan fingerprint density at radius 1 is 1.57 bits per heavy atom. The van der Waals surface area contributed by atoms with Gasteiger partial charge in [0.2, 0.25) is 0 Å². The summed E-state index contributed by atoms with van der Waals surface area (Å²) in [6.07, 6.45) is -0.909. The van der Waals surface area contributed by atoms with Crippen molar-refractivity contribution >= 4 is 19.7 Å². The maximum Gasteiger partial charge on any atom is 0.344 e. The summed E-state index contributed by atoms with van der Waals surface area (Å²) in [6, 6.07) is 6.47. The highest BCUT2D eigenvalue weighted by atomic mass is 31.1. The first-order valence-electron chi connectivity index (χ1n) is 3.96. The van der Waals surface area contributed by atoms with Crippen LogP contribution in [0.5, 0.6) is 5.75 Å². The largest absolute Gasteiger partial charge is 0.479 e. The number of benzene rings is 1. The van der Waals surface area contributed by atoms with E-state index in [1.807, 2.05) is 0 Å². The zero-order valence-corrected chi connectivity index (χ0v) is 8.40.